The molecule has 2 fully saturated rings. The van der Waals surface area contributed by atoms with E-state index in [9.17, 15) is 9.59 Å². The van der Waals surface area contributed by atoms with Crippen molar-refractivity contribution in [2.24, 2.45) is 28.9 Å². The van der Waals surface area contributed by atoms with Crippen LogP contribution in [0.2, 0.25) is 0 Å². The van der Waals surface area contributed by atoms with Crippen molar-refractivity contribution in [3.63, 3.8) is 0 Å². The highest BCUT2D eigenvalue weighted by Crippen LogP contribution is 2.53. The fraction of sp³-hybridized carbons (Fsp3) is 0.519. The average molecular weight is 463 g/mol. The zero-order valence-electron chi connectivity index (χ0n) is 19.7. The van der Waals surface area contributed by atoms with Gasteiger partial charge in [-0.3, -0.25) is 14.6 Å². The molecule has 0 saturated heterocycles. The zero-order chi connectivity index (χ0) is 23.7. The van der Waals surface area contributed by atoms with Crippen molar-refractivity contribution < 1.29 is 14.3 Å². The highest BCUT2D eigenvalue weighted by Gasteiger charge is 2.50. The SMILES string of the molecule is CC1CC2CC(C(N)CNC(=O)C3COc4ccccc43)CC(C(=O)Nc3ccncc3)(C1)C2. The normalized spacial score (nSPS) is 30.5. The number of carbonyl (C=O) groups is 2. The molecule has 1 aromatic heterocycles. The molecule has 0 radical (unpaired) electrons. The molecule has 180 valence electrons. The lowest BCUT2D eigenvalue weighted by Gasteiger charge is -2.50. The third-order valence-corrected chi connectivity index (χ3v) is 8.00. The van der Waals surface area contributed by atoms with Crippen LogP contribution in [-0.2, 0) is 9.59 Å². The highest BCUT2D eigenvalue weighted by atomic mass is 16.5. The van der Waals surface area contributed by atoms with Crippen molar-refractivity contribution in [2.75, 3.05) is 18.5 Å². The molecule has 1 aliphatic heterocycles. The third-order valence-electron chi connectivity index (χ3n) is 8.00. The van der Waals surface area contributed by atoms with Crippen molar-refractivity contribution in [1.82, 2.24) is 10.3 Å². The predicted octanol–water partition coefficient (Wildman–Crippen LogP) is 3.47. The monoisotopic (exact) mass is 462 g/mol. The molecule has 0 spiro atoms. The number of benzene rings is 1. The second kappa shape index (κ2) is 9.37. The first kappa shape index (κ1) is 22.8. The van der Waals surface area contributed by atoms with Gasteiger partial charge in [-0.1, -0.05) is 25.1 Å². The van der Waals surface area contributed by atoms with Gasteiger partial charge in [0.25, 0.3) is 0 Å². The molecule has 5 rings (SSSR count). The summed E-state index contributed by atoms with van der Waals surface area (Å²) in [5.74, 6) is 1.73. The number of ether oxygens (including phenoxy) is 1. The Kier molecular flexibility index (Phi) is 6.30. The minimum absolute atomic E-state index is 0.0461. The molecule has 2 aliphatic carbocycles. The molecule has 4 N–H and O–H groups in total. The van der Waals surface area contributed by atoms with E-state index in [1.807, 2.05) is 36.4 Å². The van der Waals surface area contributed by atoms with E-state index >= 15 is 0 Å². The molecule has 2 bridgehead atoms. The van der Waals surface area contributed by atoms with Crippen molar-refractivity contribution >= 4 is 17.5 Å². The van der Waals surface area contributed by atoms with Gasteiger partial charge in [-0.2, -0.15) is 0 Å². The van der Waals surface area contributed by atoms with Crippen molar-refractivity contribution in [3.05, 3.63) is 54.4 Å². The first-order valence-electron chi connectivity index (χ1n) is 12.4. The van der Waals surface area contributed by atoms with E-state index in [0.717, 1.165) is 49.1 Å². The fourth-order valence-corrected chi connectivity index (χ4v) is 6.59. The van der Waals surface area contributed by atoms with Crippen molar-refractivity contribution in [1.29, 1.82) is 0 Å². The Labute approximate surface area is 200 Å². The molecule has 6 unspecified atom stereocenters. The highest BCUT2D eigenvalue weighted by molar-refractivity contribution is 5.95. The summed E-state index contributed by atoms with van der Waals surface area (Å²) in [4.78, 5) is 30.4. The van der Waals surface area contributed by atoms with Crippen LogP contribution in [0.1, 0.15) is 50.5 Å². The van der Waals surface area contributed by atoms with Gasteiger partial charge >= 0.3 is 0 Å². The van der Waals surface area contributed by atoms with Gasteiger partial charge in [0, 0.05) is 36.2 Å². The van der Waals surface area contributed by atoms with Gasteiger partial charge in [-0.25, -0.2) is 0 Å². The largest absolute Gasteiger partial charge is 0.492 e. The van der Waals surface area contributed by atoms with Crippen LogP contribution in [0, 0.1) is 23.2 Å². The summed E-state index contributed by atoms with van der Waals surface area (Å²) in [6.07, 6.45) is 8.09. The number of nitrogens with two attached hydrogens (primary N) is 1. The van der Waals surface area contributed by atoms with Gasteiger partial charge in [0.15, 0.2) is 0 Å². The lowest BCUT2D eigenvalue weighted by molar-refractivity contribution is -0.134. The first-order chi connectivity index (χ1) is 16.4. The van der Waals surface area contributed by atoms with Crippen molar-refractivity contribution in [3.8, 4) is 5.75 Å². The standard InChI is InChI=1S/C27H34N4O3/c1-17-10-18-11-19(14-27(12-17,13-18)26(33)31-20-6-8-29-9-7-20)23(28)15-30-25(32)22-16-34-24-5-3-2-4-21(22)24/h2-9,17-19,22-23H,10-16,28H2,1H3,(H,30,32)(H,29,31,33). The molecule has 34 heavy (non-hydrogen) atoms. The fourth-order valence-electron chi connectivity index (χ4n) is 6.59. The molecule has 6 atom stereocenters. The first-order valence-corrected chi connectivity index (χ1v) is 12.4. The number of anilines is 1. The predicted molar refractivity (Wildman–Crippen MR) is 130 cm³/mol. The van der Waals surface area contributed by atoms with Gasteiger partial charge in [0.2, 0.25) is 11.8 Å². The Hall–Kier alpha value is -2.93. The van der Waals surface area contributed by atoms with E-state index in [-0.39, 0.29) is 29.7 Å². The molecular weight excluding hydrogens is 428 g/mol. The zero-order valence-corrected chi connectivity index (χ0v) is 19.7. The summed E-state index contributed by atoms with van der Waals surface area (Å²) in [5.41, 5.74) is 7.96. The molecule has 7 nitrogen and oxygen atoms in total. The topological polar surface area (TPSA) is 106 Å². The summed E-state index contributed by atoms with van der Waals surface area (Å²) in [6.45, 7) is 3.03. The summed E-state index contributed by atoms with van der Waals surface area (Å²) in [7, 11) is 0. The Bertz CT molecular complexity index is 1040. The van der Waals surface area contributed by atoms with Gasteiger partial charge in [-0.15, -0.1) is 0 Å². The summed E-state index contributed by atoms with van der Waals surface area (Å²) in [6, 6.07) is 11.1. The number of nitrogens with zero attached hydrogens (tertiary/aromatic N) is 1. The van der Waals surface area contributed by atoms with Crippen molar-refractivity contribution in [2.45, 2.75) is 51.0 Å². The summed E-state index contributed by atoms with van der Waals surface area (Å²) in [5, 5.41) is 6.20. The Morgan fingerprint density at radius 3 is 2.76 bits per heavy atom. The molecule has 2 heterocycles. The molecular formula is C27H34N4O3. The number of hydrogen-bond donors (Lipinski definition) is 3. The Morgan fingerprint density at radius 2 is 1.94 bits per heavy atom. The van der Waals surface area contributed by atoms with Gasteiger partial charge in [0.05, 0.1) is 5.41 Å². The smallest absolute Gasteiger partial charge is 0.231 e. The second-order valence-electron chi connectivity index (χ2n) is 10.6. The van der Waals surface area contributed by atoms with E-state index in [1.54, 1.807) is 12.4 Å². The number of aromatic nitrogens is 1. The quantitative estimate of drug-likeness (QED) is 0.609. The van der Waals surface area contributed by atoms with Crippen LogP contribution in [0.25, 0.3) is 0 Å². The summed E-state index contributed by atoms with van der Waals surface area (Å²) < 4.78 is 5.66. The van der Waals surface area contributed by atoms with Crippen LogP contribution < -0.4 is 21.1 Å². The number of rotatable bonds is 6. The van der Waals surface area contributed by atoms with Crippen LogP contribution in [0.3, 0.4) is 0 Å². The Morgan fingerprint density at radius 1 is 1.15 bits per heavy atom. The summed E-state index contributed by atoms with van der Waals surface area (Å²) >= 11 is 0. The molecule has 2 aromatic rings. The Balaban J connectivity index is 1.24. The van der Waals surface area contributed by atoms with E-state index in [2.05, 4.69) is 22.5 Å². The minimum atomic E-state index is -0.408. The van der Waals surface area contributed by atoms with Crippen LogP contribution in [0.5, 0.6) is 5.75 Å². The lowest BCUT2D eigenvalue weighted by Crippen LogP contribution is -2.52. The molecule has 2 amide bonds. The third kappa shape index (κ3) is 4.53. The number of hydrogen-bond acceptors (Lipinski definition) is 5. The lowest BCUT2D eigenvalue weighted by atomic mass is 9.55. The van der Waals surface area contributed by atoms with Crippen LogP contribution in [0.4, 0.5) is 5.69 Å². The van der Waals surface area contributed by atoms with Crippen LogP contribution in [0.15, 0.2) is 48.8 Å². The number of para-hydroxylation sites is 1. The van der Waals surface area contributed by atoms with Crippen LogP contribution in [-0.4, -0.2) is 36.0 Å². The van der Waals surface area contributed by atoms with E-state index < -0.39 is 5.41 Å². The van der Waals surface area contributed by atoms with E-state index in [0.29, 0.717) is 25.0 Å². The van der Waals surface area contributed by atoms with Crippen LogP contribution >= 0.6 is 0 Å². The van der Waals surface area contributed by atoms with Gasteiger partial charge in [-0.05, 0) is 68.1 Å². The maximum Gasteiger partial charge on any atom is 0.231 e. The number of amides is 2. The number of nitrogens with one attached hydrogen (secondary N) is 2. The van der Waals surface area contributed by atoms with Gasteiger partial charge in [0.1, 0.15) is 18.3 Å². The number of fused-ring (bicyclic) bond motifs is 3. The molecule has 7 heteroatoms. The number of carbonyl (C=O) groups excluding carboxylic acids is 2. The molecule has 1 aromatic carbocycles. The molecule has 3 aliphatic rings. The maximum atomic E-state index is 13.5. The maximum absolute atomic E-state index is 13.5. The van der Waals surface area contributed by atoms with Gasteiger partial charge < -0.3 is 21.1 Å². The number of pyridine rings is 1. The minimum Gasteiger partial charge on any atom is -0.492 e. The average Bonchev–Trinajstić information content (AvgIpc) is 3.26. The molecule has 2 saturated carbocycles. The van der Waals surface area contributed by atoms with E-state index in [1.165, 1.54) is 0 Å². The second-order valence-corrected chi connectivity index (χ2v) is 10.6. The van der Waals surface area contributed by atoms with E-state index in [4.69, 9.17) is 10.5 Å².